The molecule has 0 aliphatic heterocycles. The molecule has 0 saturated heterocycles. The summed E-state index contributed by atoms with van der Waals surface area (Å²) in [6.07, 6.45) is 5.70. The monoisotopic (exact) mass is 261 g/mol. The van der Waals surface area contributed by atoms with E-state index in [0.29, 0.717) is 13.0 Å². The summed E-state index contributed by atoms with van der Waals surface area (Å²) in [4.78, 5) is 10.6. The van der Waals surface area contributed by atoms with Crippen molar-refractivity contribution in [3.8, 4) is 0 Å². The zero-order valence-electron chi connectivity index (χ0n) is 11.6. The highest BCUT2D eigenvalue weighted by Gasteiger charge is 2.38. The second-order valence-corrected chi connectivity index (χ2v) is 5.65. The molecule has 2 rings (SSSR count). The van der Waals surface area contributed by atoms with Crippen molar-refractivity contribution in [2.24, 2.45) is 0 Å². The molecule has 104 valence electrons. The summed E-state index contributed by atoms with van der Waals surface area (Å²) < 4.78 is 0. The SMILES string of the molecule is Cc1ccc(C(CNC=O)C2(O)CCCCC2)cc1. The van der Waals surface area contributed by atoms with E-state index in [1.807, 2.05) is 0 Å². The van der Waals surface area contributed by atoms with Crippen molar-refractivity contribution in [2.75, 3.05) is 6.54 Å². The van der Waals surface area contributed by atoms with Gasteiger partial charge in [-0.1, -0.05) is 49.1 Å². The van der Waals surface area contributed by atoms with Crippen LogP contribution in [0.1, 0.15) is 49.1 Å². The molecular weight excluding hydrogens is 238 g/mol. The van der Waals surface area contributed by atoms with E-state index in [-0.39, 0.29) is 5.92 Å². The lowest BCUT2D eigenvalue weighted by molar-refractivity contribution is -0.110. The van der Waals surface area contributed by atoms with Crippen LogP contribution in [-0.4, -0.2) is 23.7 Å². The zero-order chi connectivity index (χ0) is 13.7. The van der Waals surface area contributed by atoms with Crippen molar-refractivity contribution >= 4 is 6.41 Å². The summed E-state index contributed by atoms with van der Waals surface area (Å²) >= 11 is 0. The average molecular weight is 261 g/mol. The third-order valence-corrected chi connectivity index (χ3v) is 4.25. The maximum Gasteiger partial charge on any atom is 0.207 e. The Kier molecular flexibility index (Phi) is 4.59. The van der Waals surface area contributed by atoms with Gasteiger partial charge in [-0.3, -0.25) is 4.79 Å². The Morgan fingerprint density at radius 1 is 1.26 bits per heavy atom. The van der Waals surface area contributed by atoms with E-state index in [1.165, 1.54) is 12.0 Å². The molecule has 1 aliphatic carbocycles. The number of rotatable bonds is 5. The largest absolute Gasteiger partial charge is 0.389 e. The van der Waals surface area contributed by atoms with Crippen molar-refractivity contribution in [2.45, 2.75) is 50.5 Å². The van der Waals surface area contributed by atoms with Crippen molar-refractivity contribution in [3.63, 3.8) is 0 Å². The van der Waals surface area contributed by atoms with Crippen molar-refractivity contribution < 1.29 is 9.90 Å². The summed E-state index contributed by atoms with van der Waals surface area (Å²) in [7, 11) is 0. The maximum absolute atomic E-state index is 10.9. The number of amides is 1. The normalized spacial score (nSPS) is 19.7. The molecule has 1 amide bonds. The van der Waals surface area contributed by atoms with Gasteiger partial charge in [0.15, 0.2) is 0 Å². The molecule has 3 heteroatoms. The first-order chi connectivity index (χ1) is 9.15. The summed E-state index contributed by atoms with van der Waals surface area (Å²) in [6.45, 7) is 2.56. The Hall–Kier alpha value is -1.35. The van der Waals surface area contributed by atoms with Crippen molar-refractivity contribution in [1.29, 1.82) is 0 Å². The van der Waals surface area contributed by atoms with E-state index in [2.05, 4.69) is 36.5 Å². The van der Waals surface area contributed by atoms with Crippen LogP contribution in [0.15, 0.2) is 24.3 Å². The second kappa shape index (κ2) is 6.20. The van der Waals surface area contributed by atoms with Gasteiger partial charge in [0.25, 0.3) is 0 Å². The highest BCUT2D eigenvalue weighted by molar-refractivity contribution is 5.46. The van der Waals surface area contributed by atoms with Crippen molar-refractivity contribution in [3.05, 3.63) is 35.4 Å². The van der Waals surface area contributed by atoms with Crippen LogP contribution in [0.5, 0.6) is 0 Å². The predicted octanol–water partition coefficient (Wildman–Crippen LogP) is 2.52. The molecule has 0 heterocycles. The minimum absolute atomic E-state index is 0.0152. The van der Waals surface area contributed by atoms with E-state index >= 15 is 0 Å². The molecule has 1 fully saturated rings. The lowest BCUT2D eigenvalue weighted by Crippen LogP contribution is -2.42. The van der Waals surface area contributed by atoms with Crippen LogP contribution in [0.3, 0.4) is 0 Å². The third kappa shape index (κ3) is 3.35. The molecule has 1 aliphatic rings. The summed E-state index contributed by atoms with van der Waals surface area (Å²) in [5.74, 6) is -0.0152. The van der Waals surface area contributed by atoms with Crippen LogP contribution < -0.4 is 5.32 Å². The first kappa shape index (κ1) is 14.1. The highest BCUT2D eigenvalue weighted by Crippen LogP contribution is 2.39. The van der Waals surface area contributed by atoms with Gasteiger partial charge in [0.05, 0.1) is 5.60 Å². The van der Waals surface area contributed by atoms with Gasteiger partial charge < -0.3 is 10.4 Å². The standard InChI is InChI=1S/C16H23NO2/c1-13-5-7-14(8-6-13)15(11-17-12-18)16(19)9-3-2-4-10-16/h5-8,12,15,19H,2-4,9-11H2,1H3,(H,17,18). The molecule has 1 atom stereocenters. The van der Waals surface area contributed by atoms with Gasteiger partial charge in [0, 0.05) is 12.5 Å². The van der Waals surface area contributed by atoms with E-state index in [0.717, 1.165) is 31.2 Å². The van der Waals surface area contributed by atoms with E-state index in [9.17, 15) is 9.90 Å². The Balaban J connectivity index is 2.23. The van der Waals surface area contributed by atoms with E-state index in [1.54, 1.807) is 0 Å². The van der Waals surface area contributed by atoms with E-state index < -0.39 is 5.60 Å². The Bertz CT molecular complexity index is 407. The molecule has 0 aromatic heterocycles. The van der Waals surface area contributed by atoms with Gasteiger partial charge >= 0.3 is 0 Å². The van der Waals surface area contributed by atoms with Crippen LogP contribution in [0.25, 0.3) is 0 Å². The first-order valence-electron chi connectivity index (χ1n) is 7.12. The highest BCUT2D eigenvalue weighted by atomic mass is 16.3. The van der Waals surface area contributed by atoms with Crippen molar-refractivity contribution in [1.82, 2.24) is 5.32 Å². The molecular formula is C16H23NO2. The first-order valence-corrected chi connectivity index (χ1v) is 7.12. The number of nitrogens with one attached hydrogen (secondary N) is 1. The third-order valence-electron chi connectivity index (χ3n) is 4.25. The zero-order valence-corrected chi connectivity index (χ0v) is 11.6. The number of hydrogen-bond donors (Lipinski definition) is 2. The maximum atomic E-state index is 10.9. The molecule has 2 N–H and O–H groups in total. The quantitative estimate of drug-likeness (QED) is 0.800. The number of hydrogen-bond acceptors (Lipinski definition) is 2. The summed E-state index contributed by atoms with van der Waals surface area (Å²) in [5, 5.41) is 13.7. The number of carbonyl (C=O) groups is 1. The predicted molar refractivity (Wildman–Crippen MR) is 76.0 cm³/mol. The number of aryl methyl sites for hydroxylation is 1. The Morgan fingerprint density at radius 2 is 1.89 bits per heavy atom. The van der Waals surface area contributed by atoms with Crippen LogP contribution in [0.2, 0.25) is 0 Å². The average Bonchev–Trinajstić information content (AvgIpc) is 2.42. The summed E-state index contributed by atoms with van der Waals surface area (Å²) in [5.41, 5.74) is 1.65. The van der Waals surface area contributed by atoms with Crippen LogP contribution in [-0.2, 0) is 4.79 Å². The lowest BCUT2D eigenvalue weighted by Gasteiger charge is -2.39. The minimum atomic E-state index is -0.677. The Labute approximate surface area is 115 Å². The Morgan fingerprint density at radius 3 is 2.47 bits per heavy atom. The fourth-order valence-electron chi connectivity index (χ4n) is 3.10. The molecule has 1 aromatic rings. The number of benzene rings is 1. The van der Waals surface area contributed by atoms with Gasteiger partial charge in [-0.25, -0.2) is 0 Å². The molecule has 1 aromatic carbocycles. The van der Waals surface area contributed by atoms with E-state index in [4.69, 9.17) is 0 Å². The molecule has 0 bridgehead atoms. The molecule has 3 nitrogen and oxygen atoms in total. The topological polar surface area (TPSA) is 49.3 Å². The molecule has 1 unspecified atom stereocenters. The molecule has 0 spiro atoms. The second-order valence-electron chi connectivity index (χ2n) is 5.65. The van der Waals surface area contributed by atoms with Gasteiger partial charge in [0.2, 0.25) is 6.41 Å². The van der Waals surface area contributed by atoms with Gasteiger partial charge in [-0.15, -0.1) is 0 Å². The minimum Gasteiger partial charge on any atom is -0.389 e. The molecule has 0 radical (unpaired) electrons. The molecule has 19 heavy (non-hydrogen) atoms. The number of aliphatic hydroxyl groups is 1. The number of carbonyl (C=O) groups excluding carboxylic acids is 1. The van der Waals surface area contributed by atoms with Crippen LogP contribution in [0.4, 0.5) is 0 Å². The fraction of sp³-hybridized carbons (Fsp3) is 0.562. The van der Waals surface area contributed by atoms with Gasteiger partial charge in [-0.05, 0) is 25.3 Å². The summed E-state index contributed by atoms with van der Waals surface area (Å²) in [6, 6.07) is 8.27. The van der Waals surface area contributed by atoms with Crippen LogP contribution in [0, 0.1) is 6.92 Å². The van der Waals surface area contributed by atoms with Gasteiger partial charge in [-0.2, -0.15) is 0 Å². The van der Waals surface area contributed by atoms with Crippen LogP contribution >= 0.6 is 0 Å². The molecule has 1 saturated carbocycles. The van der Waals surface area contributed by atoms with Gasteiger partial charge in [0.1, 0.15) is 0 Å². The fourth-order valence-corrected chi connectivity index (χ4v) is 3.10. The lowest BCUT2D eigenvalue weighted by atomic mass is 9.72. The smallest absolute Gasteiger partial charge is 0.207 e.